The van der Waals surface area contributed by atoms with Gasteiger partial charge < -0.3 is 0 Å². The van der Waals surface area contributed by atoms with Gasteiger partial charge in [-0.2, -0.15) is 5.48 Å². The van der Waals surface area contributed by atoms with Gasteiger partial charge >= 0.3 is 0 Å². The second kappa shape index (κ2) is 5.96. The Morgan fingerprint density at radius 1 is 1.32 bits per heavy atom. The molecule has 2 N–H and O–H groups in total. The van der Waals surface area contributed by atoms with Gasteiger partial charge in [-0.3, -0.25) is 20.0 Å². The van der Waals surface area contributed by atoms with E-state index in [4.69, 9.17) is 4.84 Å². The van der Waals surface area contributed by atoms with Crippen LogP contribution in [0.15, 0.2) is 24.5 Å². The van der Waals surface area contributed by atoms with Gasteiger partial charge in [0.1, 0.15) is 5.66 Å². The highest BCUT2D eigenvalue weighted by Gasteiger charge is 2.36. The zero-order valence-corrected chi connectivity index (χ0v) is 11.3. The second-order valence-electron chi connectivity index (χ2n) is 5.36. The number of pyridine rings is 1. The van der Waals surface area contributed by atoms with Gasteiger partial charge in [-0.1, -0.05) is 12.5 Å². The third-order valence-corrected chi connectivity index (χ3v) is 3.94. The Kier molecular flexibility index (Phi) is 4.08. The molecule has 1 aromatic heterocycles. The van der Waals surface area contributed by atoms with E-state index in [2.05, 4.69) is 26.7 Å². The van der Waals surface area contributed by atoms with Crippen molar-refractivity contribution >= 4 is 0 Å². The molecule has 0 radical (unpaired) electrons. The molecule has 5 heteroatoms. The van der Waals surface area contributed by atoms with Gasteiger partial charge in [-0.25, -0.2) is 0 Å². The summed E-state index contributed by atoms with van der Waals surface area (Å²) in [7, 11) is 0. The van der Waals surface area contributed by atoms with E-state index in [1.807, 2.05) is 18.5 Å². The lowest BCUT2D eigenvalue weighted by atomic mass is 9.99. The number of hydrogen-bond acceptors (Lipinski definition) is 5. The van der Waals surface area contributed by atoms with E-state index in [0.29, 0.717) is 6.61 Å². The minimum Gasteiger partial charge on any atom is -0.300 e. The molecule has 1 atom stereocenters. The summed E-state index contributed by atoms with van der Waals surface area (Å²) in [6.07, 6.45) is 7.67. The Morgan fingerprint density at radius 3 is 2.89 bits per heavy atom. The van der Waals surface area contributed by atoms with Crippen LogP contribution >= 0.6 is 0 Å². The molecule has 1 unspecified atom stereocenters. The van der Waals surface area contributed by atoms with E-state index in [-0.39, 0.29) is 5.66 Å². The number of rotatable bonds is 3. The zero-order valence-electron chi connectivity index (χ0n) is 11.3. The lowest BCUT2D eigenvalue weighted by Crippen LogP contribution is -2.64. The van der Waals surface area contributed by atoms with Crippen molar-refractivity contribution in [2.45, 2.75) is 24.9 Å². The van der Waals surface area contributed by atoms with Gasteiger partial charge in [-0.15, -0.1) is 0 Å². The molecular weight excluding hydrogens is 240 g/mol. The Bertz CT molecular complexity index is 386. The van der Waals surface area contributed by atoms with Crippen molar-refractivity contribution in [3.63, 3.8) is 0 Å². The van der Waals surface area contributed by atoms with Crippen molar-refractivity contribution in [1.82, 2.24) is 20.7 Å². The Morgan fingerprint density at radius 2 is 2.21 bits per heavy atom. The lowest BCUT2D eigenvalue weighted by Gasteiger charge is -2.43. The average Bonchev–Trinajstić information content (AvgIpc) is 2.50. The third kappa shape index (κ3) is 2.95. The minimum atomic E-state index is -0.330. The predicted molar refractivity (Wildman–Crippen MR) is 73.3 cm³/mol. The van der Waals surface area contributed by atoms with Crippen LogP contribution in [0.5, 0.6) is 0 Å². The van der Waals surface area contributed by atoms with Gasteiger partial charge in [0.15, 0.2) is 0 Å². The fourth-order valence-corrected chi connectivity index (χ4v) is 2.93. The Hall–Kier alpha value is -1.01. The van der Waals surface area contributed by atoms with E-state index in [0.717, 1.165) is 18.7 Å². The number of nitrogens with one attached hydrogen (secondary N) is 2. The molecule has 2 fully saturated rings. The first-order chi connectivity index (χ1) is 9.39. The number of nitrogens with zero attached hydrogens (tertiary/aromatic N) is 2. The van der Waals surface area contributed by atoms with Crippen LogP contribution in [0.3, 0.4) is 0 Å². The molecule has 3 rings (SSSR count). The highest BCUT2D eigenvalue weighted by Crippen LogP contribution is 2.22. The number of aromatic nitrogens is 1. The highest BCUT2D eigenvalue weighted by atomic mass is 16.7. The third-order valence-electron chi connectivity index (χ3n) is 3.94. The van der Waals surface area contributed by atoms with Crippen LogP contribution in [0.4, 0.5) is 0 Å². The van der Waals surface area contributed by atoms with Gasteiger partial charge in [-0.05, 0) is 32.0 Å². The number of likely N-dealkylation sites (tertiary alicyclic amines) is 1. The summed E-state index contributed by atoms with van der Waals surface area (Å²) in [5.41, 5.74) is 4.01. The Labute approximate surface area is 114 Å². The maximum absolute atomic E-state index is 5.51. The van der Waals surface area contributed by atoms with Crippen LogP contribution in [0.1, 0.15) is 24.8 Å². The molecule has 0 aliphatic carbocycles. The van der Waals surface area contributed by atoms with Gasteiger partial charge in [0, 0.05) is 31.0 Å². The van der Waals surface area contributed by atoms with Gasteiger partial charge in [0.25, 0.3) is 0 Å². The SMILES string of the molecule is c1cncc(C2(CN3CCCCC3)NCCON2)c1. The van der Waals surface area contributed by atoms with Crippen molar-refractivity contribution < 1.29 is 4.84 Å². The van der Waals surface area contributed by atoms with Crippen LogP contribution in [-0.4, -0.2) is 42.7 Å². The summed E-state index contributed by atoms with van der Waals surface area (Å²) < 4.78 is 0. The summed E-state index contributed by atoms with van der Waals surface area (Å²) >= 11 is 0. The van der Waals surface area contributed by atoms with Crippen molar-refractivity contribution in [1.29, 1.82) is 0 Å². The summed E-state index contributed by atoms with van der Waals surface area (Å²) in [6.45, 7) is 4.81. The summed E-state index contributed by atoms with van der Waals surface area (Å²) in [6, 6.07) is 4.08. The van der Waals surface area contributed by atoms with Crippen molar-refractivity contribution in [2.24, 2.45) is 0 Å². The molecule has 19 heavy (non-hydrogen) atoms. The summed E-state index contributed by atoms with van der Waals surface area (Å²) in [5, 5.41) is 3.58. The van der Waals surface area contributed by atoms with Crippen LogP contribution in [0.25, 0.3) is 0 Å². The van der Waals surface area contributed by atoms with Crippen LogP contribution < -0.4 is 10.8 Å². The number of hydrogen-bond donors (Lipinski definition) is 2. The molecule has 2 saturated heterocycles. The first-order valence-electron chi connectivity index (χ1n) is 7.16. The second-order valence-corrected chi connectivity index (χ2v) is 5.36. The molecule has 0 amide bonds. The van der Waals surface area contributed by atoms with Crippen molar-refractivity contribution in [3.05, 3.63) is 30.1 Å². The quantitative estimate of drug-likeness (QED) is 0.845. The van der Waals surface area contributed by atoms with Crippen LogP contribution in [0.2, 0.25) is 0 Å². The largest absolute Gasteiger partial charge is 0.300 e. The van der Waals surface area contributed by atoms with E-state index in [1.54, 1.807) is 0 Å². The molecule has 1 aromatic rings. The molecule has 0 saturated carbocycles. The molecule has 2 aliphatic heterocycles. The first kappa shape index (κ1) is 13.0. The maximum atomic E-state index is 5.51. The summed E-state index contributed by atoms with van der Waals surface area (Å²) in [5.74, 6) is 0. The minimum absolute atomic E-state index is 0.330. The monoisotopic (exact) mass is 262 g/mol. The van der Waals surface area contributed by atoms with Crippen molar-refractivity contribution in [2.75, 3.05) is 32.8 Å². The zero-order chi connectivity index (χ0) is 13.0. The normalized spacial score (nSPS) is 29.3. The van der Waals surface area contributed by atoms with Gasteiger partial charge in [0.05, 0.1) is 6.61 Å². The topological polar surface area (TPSA) is 49.4 Å². The number of hydroxylamine groups is 1. The lowest BCUT2D eigenvalue weighted by molar-refractivity contribution is -0.0875. The first-order valence-corrected chi connectivity index (χ1v) is 7.16. The molecule has 0 bridgehead atoms. The van der Waals surface area contributed by atoms with Crippen LogP contribution in [-0.2, 0) is 10.5 Å². The molecular formula is C14H22N4O. The fraction of sp³-hybridized carbons (Fsp3) is 0.643. The van der Waals surface area contributed by atoms with Crippen LogP contribution in [0, 0.1) is 0 Å². The number of piperidine rings is 1. The van der Waals surface area contributed by atoms with E-state index >= 15 is 0 Å². The molecule has 5 nitrogen and oxygen atoms in total. The smallest absolute Gasteiger partial charge is 0.132 e. The predicted octanol–water partition coefficient (Wildman–Crippen LogP) is 0.845. The van der Waals surface area contributed by atoms with E-state index < -0.39 is 0 Å². The summed E-state index contributed by atoms with van der Waals surface area (Å²) in [4.78, 5) is 12.3. The van der Waals surface area contributed by atoms with E-state index in [1.165, 1.54) is 32.4 Å². The standard InChI is InChI=1S/C14H22N4O/c1-2-8-18(9-3-1)12-14(16-7-10-19-17-14)13-5-4-6-15-11-13/h4-6,11,16-17H,1-3,7-10,12H2. The van der Waals surface area contributed by atoms with Gasteiger partial charge in [0.2, 0.25) is 0 Å². The fourth-order valence-electron chi connectivity index (χ4n) is 2.93. The molecule has 2 aliphatic rings. The van der Waals surface area contributed by atoms with E-state index in [9.17, 15) is 0 Å². The molecule has 104 valence electrons. The highest BCUT2D eigenvalue weighted by molar-refractivity contribution is 5.20. The molecule has 0 aromatic carbocycles. The molecule has 3 heterocycles. The molecule has 0 spiro atoms. The van der Waals surface area contributed by atoms with Crippen molar-refractivity contribution in [3.8, 4) is 0 Å². The average molecular weight is 262 g/mol. The Balaban J connectivity index is 1.79. The maximum Gasteiger partial charge on any atom is 0.132 e.